The third kappa shape index (κ3) is 4.53. The molecule has 1 amide bonds. The summed E-state index contributed by atoms with van der Waals surface area (Å²) in [5, 5.41) is 16.5. The van der Waals surface area contributed by atoms with Crippen LogP contribution in [0.1, 0.15) is 5.56 Å². The number of non-ortho nitro benzene ring substituents is 1. The van der Waals surface area contributed by atoms with Gasteiger partial charge in [0, 0.05) is 12.1 Å². The minimum atomic E-state index is -0.785. The van der Waals surface area contributed by atoms with Crippen LogP contribution in [0.25, 0.3) is 0 Å². The molecule has 0 saturated heterocycles. The molecule has 2 rings (SSSR count). The van der Waals surface area contributed by atoms with E-state index in [9.17, 15) is 14.9 Å². The highest BCUT2D eigenvalue weighted by Crippen LogP contribution is 2.23. The van der Waals surface area contributed by atoms with Crippen molar-refractivity contribution in [3.05, 3.63) is 64.2 Å². The molecule has 0 aliphatic heterocycles. The summed E-state index contributed by atoms with van der Waals surface area (Å²) in [5.74, 6) is 0.490. The zero-order chi connectivity index (χ0) is 16.7. The number of nitrogens with zero attached hydrogens (tertiary/aromatic N) is 2. The van der Waals surface area contributed by atoms with E-state index in [2.05, 4.69) is 15.3 Å². The summed E-state index contributed by atoms with van der Waals surface area (Å²) in [6.45, 7) is 0. The maximum Gasteiger partial charge on any atom is 0.437 e. The molecule has 0 radical (unpaired) electrons. The number of ether oxygens (including phenoxy) is 1. The minimum Gasteiger partial charge on any atom is -0.495 e. The highest BCUT2D eigenvalue weighted by molar-refractivity contribution is 5.87. The highest BCUT2D eigenvalue weighted by atomic mass is 16.7. The van der Waals surface area contributed by atoms with Crippen molar-refractivity contribution in [1.29, 1.82) is 0 Å². The minimum absolute atomic E-state index is 0.0306. The number of nitro benzene ring substituents is 1. The van der Waals surface area contributed by atoms with Crippen LogP contribution in [-0.4, -0.2) is 24.3 Å². The summed E-state index contributed by atoms with van der Waals surface area (Å²) in [5.41, 5.74) is 0.975. The van der Waals surface area contributed by atoms with Crippen LogP contribution in [0, 0.1) is 10.1 Å². The number of hydrogen-bond donors (Lipinski definition) is 1. The Hall–Kier alpha value is -3.42. The molecule has 0 aromatic heterocycles. The van der Waals surface area contributed by atoms with Crippen LogP contribution in [0.5, 0.6) is 5.75 Å². The van der Waals surface area contributed by atoms with Gasteiger partial charge in [0.1, 0.15) is 5.75 Å². The van der Waals surface area contributed by atoms with E-state index in [0.29, 0.717) is 17.0 Å². The Bertz CT molecular complexity index is 728. The number of para-hydroxylation sites is 2. The van der Waals surface area contributed by atoms with E-state index >= 15 is 0 Å². The third-order valence-electron chi connectivity index (χ3n) is 2.79. The van der Waals surface area contributed by atoms with Crippen LogP contribution in [0.15, 0.2) is 53.7 Å². The van der Waals surface area contributed by atoms with E-state index in [1.807, 2.05) is 0 Å². The molecule has 2 aromatic carbocycles. The maximum absolute atomic E-state index is 11.6. The molecule has 0 atom stereocenters. The first kappa shape index (κ1) is 16.0. The summed E-state index contributed by atoms with van der Waals surface area (Å²) in [4.78, 5) is 26.3. The average molecular weight is 315 g/mol. The van der Waals surface area contributed by atoms with Crippen molar-refractivity contribution in [2.24, 2.45) is 5.16 Å². The standard InChI is InChI=1S/C15H13N3O5/c1-22-14-5-3-2-4-13(14)17-15(19)23-16-10-11-6-8-12(9-7-11)18(20)21/h2-10H,1H3,(H,17,19)/b16-10+. The van der Waals surface area contributed by atoms with Gasteiger partial charge in [-0.15, -0.1) is 0 Å². The first-order chi connectivity index (χ1) is 11.1. The molecule has 8 nitrogen and oxygen atoms in total. The Labute approximate surface area is 131 Å². The summed E-state index contributed by atoms with van der Waals surface area (Å²) in [6.07, 6.45) is 0.485. The van der Waals surface area contributed by atoms with Gasteiger partial charge in [0.25, 0.3) is 5.69 Å². The van der Waals surface area contributed by atoms with Crippen LogP contribution in [0.3, 0.4) is 0 Å². The lowest BCUT2D eigenvalue weighted by Gasteiger charge is -2.07. The Kier molecular flexibility index (Phi) is 5.24. The number of nitrogens with one attached hydrogen (secondary N) is 1. The first-order valence-corrected chi connectivity index (χ1v) is 6.49. The second-order valence-electron chi connectivity index (χ2n) is 4.29. The van der Waals surface area contributed by atoms with Gasteiger partial charge in [-0.05, 0) is 29.8 Å². The SMILES string of the molecule is COc1ccccc1NC(=O)O/N=C/c1ccc([N+](=O)[O-])cc1. The predicted molar refractivity (Wildman–Crippen MR) is 83.8 cm³/mol. The molecule has 2 aromatic rings. The van der Waals surface area contributed by atoms with Crippen molar-refractivity contribution in [2.45, 2.75) is 0 Å². The number of benzene rings is 2. The summed E-state index contributed by atoms with van der Waals surface area (Å²) in [7, 11) is 1.48. The summed E-state index contributed by atoms with van der Waals surface area (Å²) in [6, 6.07) is 12.5. The molecule has 0 aliphatic carbocycles. The molecule has 1 N–H and O–H groups in total. The number of carbonyl (C=O) groups excluding carboxylic acids is 1. The van der Waals surface area contributed by atoms with Crippen molar-refractivity contribution >= 4 is 23.7 Å². The molecule has 0 aliphatic rings. The van der Waals surface area contributed by atoms with Gasteiger partial charge in [0.05, 0.1) is 23.9 Å². The lowest BCUT2D eigenvalue weighted by atomic mass is 10.2. The Balaban J connectivity index is 1.92. The number of oxime groups is 1. The topological polar surface area (TPSA) is 103 Å². The van der Waals surface area contributed by atoms with Crippen LogP contribution in [-0.2, 0) is 4.84 Å². The van der Waals surface area contributed by atoms with Gasteiger partial charge in [-0.2, -0.15) is 0 Å². The van der Waals surface area contributed by atoms with Crippen molar-refractivity contribution in [2.75, 3.05) is 12.4 Å². The zero-order valence-corrected chi connectivity index (χ0v) is 12.1. The summed E-state index contributed by atoms with van der Waals surface area (Å²) < 4.78 is 5.09. The van der Waals surface area contributed by atoms with E-state index < -0.39 is 11.0 Å². The Morgan fingerprint density at radius 1 is 1.22 bits per heavy atom. The fraction of sp³-hybridized carbons (Fsp3) is 0.0667. The van der Waals surface area contributed by atoms with Crippen LogP contribution >= 0.6 is 0 Å². The zero-order valence-electron chi connectivity index (χ0n) is 12.1. The largest absolute Gasteiger partial charge is 0.495 e. The number of amides is 1. The molecule has 23 heavy (non-hydrogen) atoms. The monoisotopic (exact) mass is 315 g/mol. The second kappa shape index (κ2) is 7.55. The highest BCUT2D eigenvalue weighted by Gasteiger charge is 2.07. The number of methoxy groups -OCH3 is 1. The molecule has 8 heteroatoms. The van der Waals surface area contributed by atoms with Gasteiger partial charge < -0.3 is 4.74 Å². The molecule has 0 unspecified atom stereocenters. The quantitative estimate of drug-likeness (QED) is 0.395. The van der Waals surface area contributed by atoms with E-state index in [-0.39, 0.29) is 5.69 Å². The van der Waals surface area contributed by atoms with Crippen LogP contribution < -0.4 is 10.1 Å². The van der Waals surface area contributed by atoms with E-state index in [1.165, 1.54) is 37.6 Å². The van der Waals surface area contributed by atoms with Crippen molar-refractivity contribution in [3.63, 3.8) is 0 Å². The normalized spacial score (nSPS) is 10.3. The smallest absolute Gasteiger partial charge is 0.437 e. The van der Waals surface area contributed by atoms with Gasteiger partial charge >= 0.3 is 6.09 Å². The maximum atomic E-state index is 11.6. The molecule has 0 spiro atoms. The van der Waals surface area contributed by atoms with Gasteiger partial charge in [-0.25, -0.2) is 4.79 Å². The third-order valence-corrected chi connectivity index (χ3v) is 2.79. The number of rotatable bonds is 5. The van der Waals surface area contributed by atoms with E-state index in [1.54, 1.807) is 24.3 Å². The fourth-order valence-corrected chi connectivity index (χ4v) is 1.70. The van der Waals surface area contributed by atoms with Gasteiger partial charge in [-0.3, -0.25) is 20.3 Å². The number of anilines is 1. The van der Waals surface area contributed by atoms with E-state index in [4.69, 9.17) is 4.74 Å². The molecule has 0 bridgehead atoms. The van der Waals surface area contributed by atoms with Gasteiger partial charge in [0.2, 0.25) is 0 Å². The lowest BCUT2D eigenvalue weighted by Crippen LogP contribution is -2.11. The molecule has 0 saturated carbocycles. The lowest BCUT2D eigenvalue weighted by molar-refractivity contribution is -0.384. The number of carbonyl (C=O) groups is 1. The molecule has 0 fully saturated rings. The predicted octanol–water partition coefficient (Wildman–Crippen LogP) is 3.19. The first-order valence-electron chi connectivity index (χ1n) is 6.49. The van der Waals surface area contributed by atoms with Crippen molar-refractivity contribution < 1.29 is 19.3 Å². The second-order valence-corrected chi connectivity index (χ2v) is 4.29. The van der Waals surface area contributed by atoms with Crippen molar-refractivity contribution in [3.8, 4) is 5.75 Å². The van der Waals surface area contributed by atoms with E-state index in [0.717, 1.165) is 0 Å². The van der Waals surface area contributed by atoms with Gasteiger partial charge in [-0.1, -0.05) is 17.3 Å². The Morgan fingerprint density at radius 3 is 2.57 bits per heavy atom. The van der Waals surface area contributed by atoms with Crippen LogP contribution in [0.2, 0.25) is 0 Å². The molecule has 118 valence electrons. The molecular weight excluding hydrogens is 302 g/mol. The average Bonchev–Trinajstić information content (AvgIpc) is 2.56. The molecular formula is C15H13N3O5. The number of nitro groups is 1. The fourth-order valence-electron chi connectivity index (χ4n) is 1.70. The Morgan fingerprint density at radius 2 is 1.91 bits per heavy atom. The van der Waals surface area contributed by atoms with Gasteiger partial charge in [0.15, 0.2) is 0 Å². The van der Waals surface area contributed by atoms with Crippen molar-refractivity contribution in [1.82, 2.24) is 0 Å². The molecule has 0 heterocycles. The number of hydrogen-bond acceptors (Lipinski definition) is 6. The summed E-state index contributed by atoms with van der Waals surface area (Å²) >= 11 is 0. The van der Waals surface area contributed by atoms with Crippen LogP contribution in [0.4, 0.5) is 16.2 Å².